The molecule has 116 valence electrons. The number of benzene rings is 1. The van der Waals surface area contributed by atoms with Gasteiger partial charge in [0.1, 0.15) is 0 Å². The maximum Gasteiger partial charge on any atom is 0.229 e. The Labute approximate surface area is 130 Å². The van der Waals surface area contributed by atoms with E-state index >= 15 is 0 Å². The highest BCUT2D eigenvalue weighted by Crippen LogP contribution is 2.19. The van der Waals surface area contributed by atoms with E-state index in [4.69, 9.17) is 0 Å². The van der Waals surface area contributed by atoms with Crippen molar-refractivity contribution in [3.05, 3.63) is 42.1 Å². The van der Waals surface area contributed by atoms with Gasteiger partial charge in [0.15, 0.2) is 5.82 Å². The molecule has 0 saturated carbocycles. The average Bonchev–Trinajstić information content (AvgIpc) is 2.88. The van der Waals surface area contributed by atoms with E-state index in [-0.39, 0.29) is 11.8 Å². The van der Waals surface area contributed by atoms with Gasteiger partial charge in [0.2, 0.25) is 5.91 Å². The molecule has 1 fully saturated rings. The normalized spacial score (nSPS) is 19.1. The Morgan fingerprint density at radius 2 is 2.09 bits per heavy atom. The number of carbonyl (C=O) groups excluding carboxylic acids is 1. The number of aryl methyl sites for hydroxylation is 1. The van der Waals surface area contributed by atoms with Crippen LogP contribution in [0.5, 0.6) is 0 Å². The summed E-state index contributed by atoms with van der Waals surface area (Å²) in [5.41, 5.74) is 2.00. The number of aromatic nitrogens is 2. The molecule has 0 bridgehead atoms. The lowest BCUT2D eigenvalue weighted by Gasteiger charge is -2.28. The van der Waals surface area contributed by atoms with Crippen LogP contribution in [0.15, 0.2) is 36.4 Å². The number of rotatable bonds is 3. The van der Waals surface area contributed by atoms with Crippen molar-refractivity contribution < 1.29 is 4.79 Å². The summed E-state index contributed by atoms with van der Waals surface area (Å²) < 4.78 is 1.85. The lowest BCUT2D eigenvalue weighted by atomic mass is 9.98. The predicted molar refractivity (Wildman–Crippen MR) is 87.2 cm³/mol. The van der Waals surface area contributed by atoms with Gasteiger partial charge in [-0.15, -0.1) is 5.10 Å². The molecule has 2 heterocycles. The van der Waals surface area contributed by atoms with Gasteiger partial charge in [0, 0.05) is 18.3 Å². The molecule has 5 heteroatoms. The number of amides is 1. The molecule has 1 aromatic carbocycles. The van der Waals surface area contributed by atoms with Gasteiger partial charge in [0.25, 0.3) is 0 Å². The van der Waals surface area contributed by atoms with Crippen LogP contribution in [-0.4, -0.2) is 40.7 Å². The van der Waals surface area contributed by atoms with Crippen LogP contribution in [0.25, 0.3) is 5.69 Å². The van der Waals surface area contributed by atoms with Crippen LogP contribution in [0, 0.1) is 12.8 Å². The first-order chi connectivity index (χ1) is 10.6. The molecule has 22 heavy (non-hydrogen) atoms. The molecule has 1 aliphatic rings. The van der Waals surface area contributed by atoms with Crippen LogP contribution in [0.3, 0.4) is 0 Å². The molecule has 1 aliphatic heterocycles. The molecule has 1 N–H and O–H groups in total. The highest BCUT2D eigenvalue weighted by molar-refractivity contribution is 5.92. The fourth-order valence-corrected chi connectivity index (χ4v) is 2.97. The second kappa shape index (κ2) is 6.32. The van der Waals surface area contributed by atoms with E-state index in [2.05, 4.69) is 22.4 Å². The summed E-state index contributed by atoms with van der Waals surface area (Å²) in [6.45, 7) is 3.89. The summed E-state index contributed by atoms with van der Waals surface area (Å²) in [6.07, 6.45) is 2.03. The maximum atomic E-state index is 12.4. The number of hydrogen-bond acceptors (Lipinski definition) is 3. The summed E-state index contributed by atoms with van der Waals surface area (Å²) >= 11 is 0. The number of hydrogen-bond donors (Lipinski definition) is 1. The van der Waals surface area contributed by atoms with Gasteiger partial charge >= 0.3 is 0 Å². The third-order valence-corrected chi connectivity index (χ3v) is 4.13. The van der Waals surface area contributed by atoms with Gasteiger partial charge in [0.05, 0.1) is 11.6 Å². The third-order valence-electron chi connectivity index (χ3n) is 4.13. The number of likely N-dealkylation sites (tertiary alicyclic amines) is 1. The fraction of sp³-hybridized carbons (Fsp3) is 0.412. The summed E-state index contributed by atoms with van der Waals surface area (Å²) in [6, 6.07) is 11.9. The number of anilines is 1. The Morgan fingerprint density at radius 1 is 1.32 bits per heavy atom. The Morgan fingerprint density at radius 3 is 2.82 bits per heavy atom. The van der Waals surface area contributed by atoms with E-state index < -0.39 is 0 Å². The molecule has 5 nitrogen and oxygen atoms in total. The first-order valence-corrected chi connectivity index (χ1v) is 7.75. The van der Waals surface area contributed by atoms with Crippen LogP contribution >= 0.6 is 0 Å². The van der Waals surface area contributed by atoms with E-state index in [1.54, 1.807) is 0 Å². The average molecular weight is 298 g/mol. The van der Waals surface area contributed by atoms with Crippen LogP contribution < -0.4 is 5.32 Å². The van der Waals surface area contributed by atoms with Crippen molar-refractivity contribution in [1.82, 2.24) is 14.7 Å². The van der Waals surface area contributed by atoms with E-state index in [1.165, 1.54) is 0 Å². The largest absolute Gasteiger partial charge is 0.309 e. The minimum absolute atomic E-state index is 0.0564. The highest BCUT2D eigenvalue weighted by atomic mass is 16.2. The molecule has 2 aromatic rings. The molecule has 0 spiro atoms. The molecule has 0 aliphatic carbocycles. The molecule has 1 unspecified atom stereocenters. The third kappa shape index (κ3) is 3.20. The second-order valence-electron chi connectivity index (χ2n) is 6.01. The van der Waals surface area contributed by atoms with E-state index in [0.717, 1.165) is 37.3 Å². The van der Waals surface area contributed by atoms with Crippen molar-refractivity contribution in [3.63, 3.8) is 0 Å². The monoisotopic (exact) mass is 298 g/mol. The SMILES string of the molecule is Cc1cc(NC(=O)C2CCCN(C)C2)nn1-c1ccccc1. The second-order valence-corrected chi connectivity index (χ2v) is 6.01. The lowest BCUT2D eigenvalue weighted by molar-refractivity contribution is -0.121. The number of carbonyl (C=O) groups is 1. The first-order valence-electron chi connectivity index (χ1n) is 7.75. The maximum absolute atomic E-state index is 12.4. The minimum atomic E-state index is 0.0564. The van der Waals surface area contributed by atoms with Crippen LogP contribution in [0.2, 0.25) is 0 Å². The summed E-state index contributed by atoms with van der Waals surface area (Å²) in [7, 11) is 2.06. The molecule has 1 amide bonds. The molecular formula is C17H22N4O. The molecule has 3 rings (SSSR count). The van der Waals surface area contributed by atoms with Gasteiger partial charge in [-0.2, -0.15) is 0 Å². The number of para-hydroxylation sites is 1. The van der Waals surface area contributed by atoms with Gasteiger partial charge in [-0.05, 0) is 45.5 Å². The molecule has 1 aromatic heterocycles. The zero-order valence-corrected chi connectivity index (χ0v) is 13.1. The van der Waals surface area contributed by atoms with Gasteiger partial charge in [-0.1, -0.05) is 18.2 Å². The van der Waals surface area contributed by atoms with Crippen LogP contribution in [0.4, 0.5) is 5.82 Å². The Bertz CT molecular complexity index is 650. The first kappa shape index (κ1) is 14.8. The predicted octanol–water partition coefficient (Wildman–Crippen LogP) is 2.46. The fourth-order valence-electron chi connectivity index (χ4n) is 2.97. The van der Waals surface area contributed by atoms with E-state index in [9.17, 15) is 4.79 Å². The molecule has 1 atom stereocenters. The van der Waals surface area contributed by atoms with Gasteiger partial charge in [-0.25, -0.2) is 4.68 Å². The summed E-state index contributed by atoms with van der Waals surface area (Å²) in [5.74, 6) is 0.754. The Balaban J connectivity index is 1.72. The number of nitrogens with zero attached hydrogens (tertiary/aromatic N) is 3. The quantitative estimate of drug-likeness (QED) is 0.947. The van der Waals surface area contributed by atoms with E-state index in [1.807, 2.05) is 48.0 Å². The molecule has 0 radical (unpaired) electrons. The number of nitrogens with one attached hydrogen (secondary N) is 1. The van der Waals surface area contributed by atoms with Crippen LogP contribution in [-0.2, 0) is 4.79 Å². The summed E-state index contributed by atoms with van der Waals surface area (Å²) in [5, 5.41) is 7.47. The lowest BCUT2D eigenvalue weighted by Crippen LogP contribution is -2.38. The highest BCUT2D eigenvalue weighted by Gasteiger charge is 2.24. The zero-order valence-electron chi connectivity index (χ0n) is 13.1. The van der Waals surface area contributed by atoms with Crippen LogP contribution in [0.1, 0.15) is 18.5 Å². The zero-order chi connectivity index (χ0) is 15.5. The number of piperidine rings is 1. The van der Waals surface area contributed by atoms with Crippen molar-refractivity contribution in [1.29, 1.82) is 0 Å². The Hall–Kier alpha value is -2.14. The Kier molecular flexibility index (Phi) is 4.24. The molecule has 1 saturated heterocycles. The van der Waals surface area contributed by atoms with Crippen molar-refractivity contribution in [2.24, 2.45) is 5.92 Å². The van der Waals surface area contributed by atoms with Crippen molar-refractivity contribution in [3.8, 4) is 5.69 Å². The topological polar surface area (TPSA) is 50.2 Å². The van der Waals surface area contributed by atoms with E-state index in [0.29, 0.717) is 5.82 Å². The standard InChI is InChI=1S/C17H22N4O/c1-13-11-16(19-21(13)15-8-4-3-5-9-15)18-17(22)14-7-6-10-20(2)12-14/h3-5,8-9,11,14H,6-7,10,12H2,1-2H3,(H,18,19,22). The van der Waals surface area contributed by atoms with Gasteiger partial charge in [-0.3, -0.25) is 4.79 Å². The van der Waals surface area contributed by atoms with Crippen molar-refractivity contribution >= 4 is 11.7 Å². The molecular weight excluding hydrogens is 276 g/mol. The summed E-state index contributed by atoms with van der Waals surface area (Å²) in [4.78, 5) is 14.6. The van der Waals surface area contributed by atoms with Gasteiger partial charge < -0.3 is 10.2 Å². The van der Waals surface area contributed by atoms with Crippen molar-refractivity contribution in [2.45, 2.75) is 19.8 Å². The smallest absolute Gasteiger partial charge is 0.229 e. The minimum Gasteiger partial charge on any atom is -0.309 e. The van der Waals surface area contributed by atoms with Crippen molar-refractivity contribution in [2.75, 3.05) is 25.5 Å².